The quantitative estimate of drug-likeness (QED) is 0.884. The van der Waals surface area contributed by atoms with Gasteiger partial charge in [-0.2, -0.15) is 0 Å². The molecule has 0 radical (unpaired) electrons. The smallest absolute Gasteiger partial charge is 0.248 e. The van der Waals surface area contributed by atoms with E-state index in [2.05, 4.69) is 0 Å². The maximum atomic E-state index is 10.9. The number of benzene rings is 2. The van der Waals surface area contributed by atoms with Gasteiger partial charge in [-0.15, -0.1) is 0 Å². The van der Waals surface area contributed by atoms with Gasteiger partial charge < -0.3 is 15.6 Å². The second-order valence-electron chi connectivity index (χ2n) is 4.24. The first-order valence-electron chi connectivity index (χ1n) is 5.92. The topological polar surface area (TPSA) is 72.6 Å². The van der Waals surface area contributed by atoms with Crippen LogP contribution in [0.5, 0.6) is 11.5 Å². The minimum atomic E-state index is -0.496. The summed E-state index contributed by atoms with van der Waals surface area (Å²) in [6.07, 6.45) is -0.496. The SMILES string of the molecule is CC(O)c1ccc(Oc2ccc(C(N)=O)cc2)cc1. The van der Waals surface area contributed by atoms with Crippen LogP contribution in [0.3, 0.4) is 0 Å². The third kappa shape index (κ3) is 3.33. The molecule has 1 unspecified atom stereocenters. The van der Waals surface area contributed by atoms with E-state index in [1.54, 1.807) is 55.5 Å². The molecule has 98 valence electrons. The van der Waals surface area contributed by atoms with Crippen LogP contribution >= 0.6 is 0 Å². The van der Waals surface area contributed by atoms with Crippen LogP contribution in [-0.2, 0) is 0 Å². The second kappa shape index (κ2) is 5.54. The van der Waals surface area contributed by atoms with E-state index in [9.17, 15) is 9.90 Å². The van der Waals surface area contributed by atoms with E-state index in [4.69, 9.17) is 10.5 Å². The van der Waals surface area contributed by atoms with Gasteiger partial charge in [-0.25, -0.2) is 0 Å². The monoisotopic (exact) mass is 257 g/mol. The lowest BCUT2D eigenvalue weighted by molar-refractivity contribution is 0.100. The van der Waals surface area contributed by atoms with Crippen LogP contribution < -0.4 is 10.5 Å². The Bertz CT molecular complexity index is 559. The number of aliphatic hydroxyl groups is 1. The van der Waals surface area contributed by atoms with E-state index in [0.717, 1.165) is 5.56 Å². The normalized spacial score (nSPS) is 11.9. The number of hydrogen-bond donors (Lipinski definition) is 2. The van der Waals surface area contributed by atoms with Gasteiger partial charge in [0.05, 0.1) is 6.10 Å². The molecule has 0 fully saturated rings. The lowest BCUT2D eigenvalue weighted by Gasteiger charge is -2.08. The lowest BCUT2D eigenvalue weighted by Crippen LogP contribution is -2.10. The Morgan fingerprint density at radius 2 is 1.53 bits per heavy atom. The minimum absolute atomic E-state index is 0.441. The summed E-state index contributed by atoms with van der Waals surface area (Å²) in [5, 5.41) is 9.40. The summed E-state index contributed by atoms with van der Waals surface area (Å²) in [7, 11) is 0. The molecule has 4 heteroatoms. The molecule has 0 aliphatic rings. The Morgan fingerprint density at radius 3 is 1.95 bits per heavy atom. The van der Waals surface area contributed by atoms with Gasteiger partial charge in [0.25, 0.3) is 0 Å². The highest BCUT2D eigenvalue weighted by molar-refractivity contribution is 5.92. The summed E-state index contributed by atoms with van der Waals surface area (Å²) in [4.78, 5) is 10.9. The third-order valence-corrected chi connectivity index (χ3v) is 2.74. The summed E-state index contributed by atoms with van der Waals surface area (Å²) in [5.74, 6) is 0.818. The zero-order chi connectivity index (χ0) is 13.8. The Labute approximate surface area is 111 Å². The maximum absolute atomic E-state index is 10.9. The summed E-state index contributed by atoms with van der Waals surface area (Å²) in [5.41, 5.74) is 6.43. The van der Waals surface area contributed by atoms with Crippen molar-refractivity contribution in [3.8, 4) is 11.5 Å². The van der Waals surface area contributed by atoms with E-state index >= 15 is 0 Å². The van der Waals surface area contributed by atoms with Crippen LogP contribution in [0.2, 0.25) is 0 Å². The van der Waals surface area contributed by atoms with Crippen LogP contribution in [0, 0.1) is 0 Å². The second-order valence-corrected chi connectivity index (χ2v) is 4.24. The van der Waals surface area contributed by atoms with Crippen LogP contribution in [0.1, 0.15) is 28.9 Å². The fourth-order valence-corrected chi connectivity index (χ4v) is 1.64. The number of carbonyl (C=O) groups is 1. The Balaban J connectivity index is 2.10. The Hall–Kier alpha value is -2.33. The Morgan fingerprint density at radius 1 is 1.05 bits per heavy atom. The first-order valence-corrected chi connectivity index (χ1v) is 5.92. The number of hydrogen-bond acceptors (Lipinski definition) is 3. The van der Waals surface area contributed by atoms with Gasteiger partial charge in [0.15, 0.2) is 0 Å². The van der Waals surface area contributed by atoms with E-state index in [0.29, 0.717) is 17.1 Å². The molecule has 0 spiro atoms. The predicted molar refractivity (Wildman–Crippen MR) is 72.1 cm³/mol. The standard InChI is InChI=1S/C15H15NO3/c1-10(17)11-2-6-13(7-3-11)19-14-8-4-12(5-9-14)15(16)18/h2-10,17H,1H3,(H2,16,18). The van der Waals surface area contributed by atoms with Crippen LogP contribution in [0.15, 0.2) is 48.5 Å². The summed E-state index contributed by atoms with van der Waals surface area (Å²) in [6, 6.07) is 13.8. The number of aliphatic hydroxyl groups excluding tert-OH is 1. The molecule has 4 nitrogen and oxygen atoms in total. The van der Waals surface area contributed by atoms with Crippen LogP contribution in [-0.4, -0.2) is 11.0 Å². The van der Waals surface area contributed by atoms with Gasteiger partial charge in [0, 0.05) is 5.56 Å². The highest BCUT2D eigenvalue weighted by Crippen LogP contribution is 2.23. The van der Waals surface area contributed by atoms with Crippen molar-refractivity contribution in [3.05, 3.63) is 59.7 Å². The van der Waals surface area contributed by atoms with Gasteiger partial charge in [-0.1, -0.05) is 12.1 Å². The molecule has 19 heavy (non-hydrogen) atoms. The molecule has 0 saturated carbocycles. The van der Waals surface area contributed by atoms with Gasteiger partial charge in [-0.3, -0.25) is 4.79 Å². The summed E-state index contributed by atoms with van der Waals surface area (Å²) >= 11 is 0. The zero-order valence-electron chi connectivity index (χ0n) is 10.5. The van der Waals surface area contributed by atoms with Crippen molar-refractivity contribution in [3.63, 3.8) is 0 Å². The molecule has 0 aromatic heterocycles. The van der Waals surface area contributed by atoms with E-state index in [1.807, 2.05) is 0 Å². The van der Waals surface area contributed by atoms with Crippen molar-refractivity contribution in [2.45, 2.75) is 13.0 Å². The molecule has 2 rings (SSSR count). The summed E-state index contributed by atoms with van der Waals surface area (Å²) in [6.45, 7) is 1.71. The molecule has 2 aromatic rings. The number of primary amides is 1. The average Bonchev–Trinajstić information content (AvgIpc) is 2.40. The minimum Gasteiger partial charge on any atom is -0.457 e. The molecule has 0 saturated heterocycles. The molecule has 2 aromatic carbocycles. The van der Waals surface area contributed by atoms with Crippen molar-refractivity contribution in [2.24, 2.45) is 5.73 Å². The molecule has 0 bridgehead atoms. The molecular formula is C15H15NO3. The fraction of sp³-hybridized carbons (Fsp3) is 0.133. The number of nitrogens with two attached hydrogens (primary N) is 1. The zero-order valence-corrected chi connectivity index (χ0v) is 10.5. The molecule has 1 atom stereocenters. The average molecular weight is 257 g/mol. The van der Waals surface area contributed by atoms with Crippen molar-refractivity contribution in [2.75, 3.05) is 0 Å². The number of rotatable bonds is 4. The lowest BCUT2D eigenvalue weighted by atomic mass is 10.1. The van der Waals surface area contributed by atoms with Crippen molar-refractivity contribution < 1.29 is 14.6 Å². The molecule has 0 aliphatic carbocycles. The highest BCUT2D eigenvalue weighted by Gasteiger charge is 2.03. The molecule has 0 heterocycles. The van der Waals surface area contributed by atoms with Gasteiger partial charge in [0.1, 0.15) is 11.5 Å². The van der Waals surface area contributed by atoms with E-state index in [1.165, 1.54) is 0 Å². The van der Waals surface area contributed by atoms with Crippen LogP contribution in [0.4, 0.5) is 0 Å². The van der Waals surface area contributed by atoms with Gasteiger partial charge in [0.2, 0.25) is 5.91 Å². The first-order chi connectivity index (χ1) is 9.06. The highest BCUT2D eigenvalue weighted by atomic mass is 16.5. The molecule has 0 aliphatic heterocycles. The largest absolute Gasteiger partial charge is 0.457 e. The van der Waals surface area contributed by atoms with Gasteiger partial charge >= 0.3 is 0 Å². The van der Waals surface area contributed by atoms with Crippen molar-refractivity contribution in [1.29, 1.82) is 0 Å². The molecular weight excluding hydrogens is 242 g/mol. The van der Waals surface area contributed by atoms with E-state index < -0.39 is 12.0 Å². The number of carbonyl (C=O) groups excluding carboxylic acids is 1. The Kier molecular flexibility index (Phi) is 3.82. The maximum Gasteiger partial charge on any atom is 0.248 e. The third-order valence-electron chi connectivity index (χ3n) is 2.74. The molecule has 3 N–H and O–H groups in total. The first kappa shape index (κ1) is 13.1. The number of ether oxygens (including phenoxy) is 1. The van der Waals surface area contributed by atoms with Crippen molar-refractivity contribution >= 4 is 5.91 Å². The van der Waals surface area contributed by atoms with Gasteiger partial charge in [-0.05, 0) is 48.9 Å². The van der Waals surface area contributed by atoms with E-state index in [-0.39, 0.29) is 0 Å². The number of amides is 1. The fourth-order valence-electron chi connectivity index (χ4n) is 1.64. The summed E-state index contributed by atoms with van der Waals surface area (Å²) < 4.78 is 5.61. The molecule has 1 amide bonds. The van der Waals surface area contributed by atoms with Crippen molar-refractivity contribution in [1.82, 2.24) is 0 Å². The predicted octanol–water partition coefficient (Wildman–Crippen LogP) is 2.63. The van der Waals surface area contributed by atoms with Crippen LogP contribution in [0.25, 0.3) is 0 Å².